The van der Waals surface area contributed by atoms with Crippen molar-refractivity contribution in [1.82, 2.24) is 10.2 Å². The van der Waals surface area contributed by atoms with Gasteiger partial charge in [-0.05, 0) is 49.2 Å². The summed E-state index contributed by atoms with van der Waals surface area (Å²) in [4.78, 5) is 2.08. The van der Waals surface area contributed by atoms with Crippen molar-refractivity contribution >= 4 is 5.82 Å². The monoisotopic (exact) mass is 285 g/mol. The van der Waals surface area contributed by atoms with Gasteiger partial charge < -0.3 is 14.7 Å². The van der Waals surface area contributed by atoms with Crippen molar-refractivity contribution < 1.29 is 9.84 Å². The highest BCUT2D eigenvalue weighted by Gasteiger charge is 2.19. The van der Waals surface area contributed by atoms with Gasteiger partial charge in [0.25, 0.3) is 0 Å². The SMILES string of the molecule is COc1ccc(-c2ccc(N3CCCC(O)C3)nn2)cc1. The lowest BCUT2D eigenvalue weighted by atomic mass is 10.1. The standard InChI is InChI=1S/C16H19N3O2/c1-21-14-6-4-12(5-7-14)15-8-9-16(18-17-15)19-10-2-3-13(20)11-19/h4-9,13,20H,2-3,10-11H2,1H3. The zero-order chi connectivity index (χ0) is 14.7. The van der Waals surface area contributed by atoms with E-state index >= 15 is 0 Å². The van der Waals surface area contributed by atoms with Gasteiger partial charge in [-0.25, -0.2) is 0 Å². The smallest absolute Gasteiger partial charge is 0.151 e. The maximum absolute atomic E-state index is 9.72. The van der Waals surface area contributed by atoms with E-state index < -0.39 is 0 Å². The van der Waals surface area contributed by atoms with Gasteiger partial charge in [0, 0.05) is 18.7 Å². The van der Waals surface area contributed by atoms with Crippen LogP contribution in [0.2, 0.25) is 0 Å². The zero-order valence-corrected chi connectivity index (χ0v) is 12.1. The van der Waals surface area contributed by atoms with Crippen molar-refractivity contribution in [1.29, 1.82) is 0 Å². The fourth-order valence-electron chi connectivity index (χ4n) is 2.57. The molecule has 0 aliphatic carbocycles. The van der Waals surface area contributed by atoms with E-state index in [1.165, 1.54) is 0 Å². The van der Waals surface area contributed by atoms with Gasteiger partial charge in [0.2, 0.25) is 0 Å². The molecule has 1 fully saturated rings. The molecular weight excluding hydrogens is 266 g/mol. The molecule has 1 aromatic heterocycles. The topological polar surface area (TPSA) is 58.5 Å². The fourth-order valence-corrected chi connectivity index (χ4v) is 2.57. The number of methoxy groups -OCH3 is 1. The second-order valence-electron chi connectivity index (χ2n) is 5.25. The van der Waals surface area contributed by atoms with Gasteiger partial charge in [0.15, 0.2) is 5.82 Å². The summed E-state index contributed by atoms with van der Waals surface area (Å²) in [7, 11) is 1.65. The first-order chi connectivity index (χ1) is 10.3. The largest absolute Gasteiger partial charge is 0.497 e. The van der Waals surface area contributed by atoms with Crippen molar-refractivity contribution in [3.8, 4) is 17.0 Å². The molecule has 1 atom stereocenters. The average molecular weight is 285 g/mol. The van der Waals surface area contributed by atoms with E-state index in [1.807, 2.05) is 36.4 Å². The molecule has 5 nitrogen and oxygen atoms in total. The van der Waals surface area contributed by atoms with Crippen LogP contribution in [0, 0.1) is 0 Å². The predicted molar refractivity (Wildman–Crippen MR) is 81.5 cm³/mol. The van der Waals surface area contributed by atoms with Gasteiger partial charge in [0.1, 0.15) is 5.75 Å². The van der Waals surface area contributed by atoms with Crippen LogP contribution < -0.4 is 9.64 Å². The normalized spacial score (nSPS) is 18.6. The number of ether oxygens (including phenoxy) is 1. The van der Waals surface area contributed by atoms with Crippen LogP contribution in [0.5, 0.6) is 5.75 Å². The van der Waals surface area contributed by atoms with Crippen LogP contribution in [-0.2, 0) is 0 Å². The Morgan fingerprint density at radius 3 is 2.57 bits per heavy atom. The van der Waals surface area contributed by atoms with Crippen molar-refractivity contribution in [2.24, 2.45) is 0 Å². The number of anilines is 1. The summed E-state index contributed by atoms with van der Waals surface area (Å²) in [6.07, 6.45) is 1.60. The van der Waals surface area contributed by atoms with Crippen LogP contribution in [0.15, 0.2) is 36.4 Å². The Morgan fingerprint density at radius 1 is 1.14 bits per heavy atom. The molecular formula is C16H19N3O2. The summed E-state index contributed by atoms with van der Waals surface area (Å²) in [6, 6.07) is 11.7. The molecule has 1 aromatic carbocycles. The molecule has 1 N–H and O–H groups in total. The second-order valence-corrected chi connectivity index (χ2v) is 5.25. The summed E-state index contributed by atoms with van der Waals surface area (Å²) in [5.41, 5.74) is 1.84. The lowest BCUT2D eigenvalue weighted by Gasteiger charge is -2.30. The molecule has 110 valence electrons. The third-order valence-corrected chi connectivity index (χ3v) is 3.76. The van der Waals surface area contributed by atoms with Crippen LogP contribution in [0.4, 0.5) is 5.82 Å². The highest BCUT2D eigenvalue weighted by Crippen LogP contribution is 2.22. The molecule has 3 rings (SSSR count). The van der Waals surface area contributed by atoms with Gasteiger partial charge in [0.05, 0.1) is 18.9 Å². The molecule has 2 heterocycles. The van der Waals surface area contributed by atoms with E-state index in [4.69, 9.17) is 4.74 Å². The zero-order valence-electron chi connectivity index (χ0n) is 12.1. The molecule has 0 bridgehead atoms. The number of aliphatic hydroxyl groups excluding tert-OH is 1. The van der Waals surface area contributed by atoms with Gasteiger partial charge >= 0.3 is 0 Å². The highest BCUT2D eigenvalue weighted by molar-refractivity contribution is 5.60. The summed E-state index contributed by atoms with van der Waals surface area (Å²) in [6.45, 7) is 1.56. The van der Waals surface area contributed by atoms with Crippen LogP contribution in [-0.4, -0.2) is 41.6 Å². The first-order valence-corrected chi connectivity index (χ1v) is 7.17. The molecule has 0 radical (unpaired) electrons. The minimum atomic E-state index is -0.262. The first-order valence-electron chi connectivity index (χ1n) is 7.17. The molecule has 2 aromatic rings. The summed E-state index contributed by atoms with van der Waals surface area (Å²) in [5.74, 6) is 1.65. The maximum Gasteiger partial charge on any atom is 0.151 e. The molecule has 1 saturated heterocycles. The molecule has 0 spiro atoms. The van der Waals surface area contributed by atoms with Crippen LogP contribution in [0.25, 0.3) is 11.3 Å². The number of nitrogens with zero attached hydrogens (tertiary/aromatic N) is 3. The third kappa shape index (κ3) is 3.13. The number of aromatic nitrogens is 2. The third-order valence-electron chi connectivity index (χ3n) is 3.76. The van der Waals surface area contributed by atoms with Gasteiger partial charge in [-0.15, -0.1) is 10.2 Å². The maximum atomic E-state index is 9.72. The number of rotatable bonds is 3. The number of benzene rings is 1. The fraction of sp³-hybridized carbons (Fsp3) is 0.375. The Balaban J connectivity index is 1.76. The van der Waals surface area contributed by atoms with E-state index in [-0.39, 0.29) is 6.10 Å². The minimum absolute atomic E-state index is 0.262. The Bertz CT molecular complexity index is 583. The van der Waals surface area contributed by atoms with Gasteiger partial charge in [-0.2, -0.15) is 0 Å². The lowest BCUT2D eigenvalue weighted by Crippen LogP contribution is -2.38. The van der Waals surface area contributed by atoms with Gasteiger partial charge in [-0.1, -0.05) is 0 Å². The Labute approximate surface area is 124 Å². The molecule has 0 amide bonds. The number of β-amino-alcohol motifs (C(OH)–C–C–N with tert-alkyl or cyclic N) is 1. The quantitative estimate of drug-likeness (QED) is 0.936. The molecule has 5 heteroatoms. The van der Waals surface area contributed by atoms with E-state index in [1.54, 1.807) is 7.11 Å². The Morgan fingerprint density at radius 2 is 1.95 bits per heavy atom. The Kier molecular flexibility index (Phi) is 4.01. The second kappa shape index (κ2) is 6.10. The van der Waals surface area contributed by atoms with Gasteiger partial charge in [-0.3, -0.25) is 0 Å². The van der Waals surface area contributed by atoms with Crippen molar-refractivity contribution in [3.63, 3.8) is 0 Å². The van der Waals surface area contributed by atoms with Crippen molar-refractivity contribution in [2.75, 3.05) is 25.1 Å². The first kappa shape index (κ1) is 13.8. The van der Waals surface area contributed by atoms with Crippen LogP contribution in [0.1, 0.15) is 12.8 Å². The van der Waals surface area contributed by atoms with Crippen molar-refractivity contribution in [2.45, 2.75) is 18.9 Å². The average Bonchev–Trinajstić information content (AvgIpc) is 2.55. The highest BCUT2D eigenvalue weighted by atomic mass is 16.5. The van der Waals surface area contributed by atoms with Crippen LogP contribution in [0.3, 0.4) is 0 Å². The molecule has 21 heavy (non-hydrogen) atoms. The van der Waals surface area contributed by atoms with E-state index in [2.05, 4.69) is 15.1 Å². The molecule has 1 unspecified atom stereocenters. The number of piperidine rings is 1. The number of hydrogen-bond donors (Lipinski definition) is 1. The molecule has 1 aliphatic rings. The Hall–Kier alpha value is -2.14. The molecule has 0 saturated carbocycles. The van der Waals surface area contributed by atoms with E-state index in [0.29, 0.717) is 6.54 Å². The van der Waals surface area contributed by atoms with Crippen LogP contribution >= 0.6 is 0 Å². The molecule has 1 aliphatic heterocycles. The summed E-state index contributed by atoms with van der Waals surface area (Å²) < 4.78 is 5.15. The summed E-state index contributed by atoms with van der Waals surface area (Å²) in [5, 5.41) is 18.3. The van der Waals surface area contributed by atoms with E-state index in [9.17, 15) is 5.11 Å². The number of aliphatic hydroxyl groups is 1. The predicted octanol–water partition coefficient (Wildman–Crippen LogP) is 2.11. The summed E-state index contributed by atoms with van der Waals surface area (Å²) >= 11 is 0. The number of hydrogen-bond acceptors (Lipinski definition) is 5. The van der Waals surface area contributed by atoms with E-state index in [0.717, 1.165) is 42.2 Å². The minimum Gasteiger partial charge on any atom is -0.497 e. The van der Waals surface area contributed by atoms with Crippen molar-refractivity contribution in [3.05, 3.63) is 36.4 Å². The lowest BCUT2D eigenvalue weighted by molar-refractivity contribution is 0.154.